The van der Waals surface area contributed by atoms with Crippen LogP contribution in [0.5, 0.6) is 11.5 Å². The molecular weight excluding hydrogens is 444 g/mol. The second-order valence-corrected chi connectivity index (χ2v) is 9.85. The van der Waals surface area contributed by atoms with E-state index in [1.807, 2.05) is 29.8 Å². The summed E-state index contributed by atoms with van der Waals surface area (Å²) in [7, 11) is 5.02. The Hall–Kier alpha value is -3.03. The zero-order chi connectivity index (χ0) is 26.1. The second-order valence-electron chi connectivity index (χ2n) is 9.85. The summed E-state index contributed by atoms with van der Waals surface area (Å²) in [6, 6.07) is 7.09. The van der Waals surface area contributed by atoms with Gasteiger partial charge in [-0.05, 0) is 42.9 Å². The molecule has 2 rings (SSSR count). The third kappa shape index (κ3) is 7.73. The molecule has 1 heterocycles. The maximum Gasteiger partial charge on any atom is 0.272 e. The zero-order valence-electron chi connectivity index (χ0n) is 22.6. The molecule has 0 spiro atoms. The maximum atomic E-state index is 13.3. The van der Waals surface area contributed by atoms with E-state index in [9.17, 15) is 9.59 Å². The van der Waals surface area contributed by atoms with Crippen LogP contribution in [0.3, 0.4) is 0 Å². The average molecular weight is 487 g/mol. The van der Waals surface area contributed by atoms with Gasteiger partial charge in [0.05, 0.1) is 25.5 Å². The summed E-state index contributed by atoms with van der Waals surface area (Å²) < 4.78 is 13.0. The van der Waals surface area contributed by atoms with Gasteiger partial charge >= 0.3 is 0 Å². The first kappa shape index (κ1) is 28.2. The third-order valence-electron chi connectivity index (χ3n) is 5.73. The Kier molecular flexibility index (Phi) is 10.6. The lowest BCUT2D eigenvalue weighted by atomic mass is 10.00. The molecule has 0 saturated carbocycles. The predicted molar refractivity (Wildman–Crippen MR) is 139 cm³/mol. The Morgan fingerprint density at radius 1 is 1.09 bits per heavy atom. The number of rotatable bonds is 13. The summed E-state index contributed by atoms with van der Waals surface area (Å²) >= 11 is 0. The average Bonchev–Trinajstić information content (AvgIpc) is 3.20. The Labute approximate surface area is 210 Å². The minimum absolute atomic E-state index is 0.0302. The topological polar surface area (TPSA) is 85.7 Å². The molecule has 0 aliphatic carbocycles. The first-order chi connectivity index (χ1) is 16.6. The molecule has 0 unspecified atom stereocenters. The molecule has 8 heteroatoms. The van der Waals surface area contributed by atoms with Crippen LogP contribution in [0.25, 0.3) is 11.3 Å². The van der Waals surface area contributed by atoms with Crippen LogP contribution in [0.4, 0.5) is 0 Å². The summed E-state index contributed by atoms with van der Waals surface area (Å²) in [6.45, 7) is 11.7. The molecule has 0 aliphatic heterocycles. The maximum absolute atomic E-state index is 13.3. The van der Waals surface area contributed by atoms with Crippen molar-refractivity contribution in [3.63, 3.8) is 0 Å². The first-order valence-corrected chi connectivity index (χ1v) is 12.4. The minimum Gasteiger partial charge on any atom is -0.496 e. The number of carbonyl (C=O) groups excluding carboxylic acids is 2. The van der Waals surface area contributed by atoms with Gasteiger partial charge < -0.3 is 19.7 Å². The van der Waals surface area contributed by atoms with Crippen LogP contribution in [0.1, 0.15) is 64.4 Å². The van der Waals surface area contributed by atoms with Gasteiger partial charge in [0.2, 0.25) is 5.91 Å². The van der Waals surface area contributed by atoms with Crippen molar-refractivity contribution >= 4 is 11.8 Å². The second kappa shape index (κ2) is 13.2. The van der Waals surface area contributed by atoms with E-state index in [1.54, 1.807) is 32.2 Å². The molecule has 1 aromatic heterocycles. The molecule has 8 nitrogen and oxygen atoms in total. The molecule has 0 fully saturated rings. The van der Waals surface area contributed by atoms with E-state index < -0.39 is 0 Å². The van der Waals surface area contributed by atoms with Gasteiger partial charge in [-0.25, -0.2) is 0 Å². The highest BCUT2D eigenvalue weighted by molar-refractivity contribution is 5.94. The van der Waals surface area contributed by atoms with Crippen molar-refractivity contribution < 1.29 is 19.1 Å². The van der Waals surface area contributed by atoms with E-state index in [1.165, 1.54) is 0 Å². The Bertz CT molecular complexity index is 961. The van der Waals surface area contributed by atoms with Crippen molar-refractivity contribution in [1.29, 1.82) is 0 Å². The summed E-state index contributed by atoms with van der Waals surface area (Å²) in [4.78, 5) is 27.7. The van der Waals surface area contributed by atoms with Crippen molar-refractivity contribution in [2.24, 2.45) is 11.8 Å². The Balaban J connectivity index is 2.40. The van der Waals surface area contributed by atoms with Crippen molar-refractivity contribution in [3.05, 3.63) is 30.0 Å². The highest BCUT2D eigenvalue weighted by Gasteiger charge is 2.25. The van der Waals surface area contributed by atoms with Crippen LogP contribution in [-0.4, -0.2) is 60.3 Å². The Morgan fingerprint density at radius 2 is 1.71 bits per heavy atom. The fourth-order valence-electron chi connectivity index (χ4n) is 4.17. The van der Waals surface area contributed by atoms with Gasteiger partial charge in [-0.15, -0.1) is 0 Å². The lowest BCUT2D eigenvalue weighted by Gasteiger charge is -2.23. The van der Waals surface area contributed by atoms with E-state index in [0.29, 0.717) is 48.5 Å². The highest BCUT2D eigenvalue weighted by Crippen LogP contribution is 2.38. The summed E-state index contributed by atoms with van der Waals surface area (Å²) in [5, 5.41) is 7.72. The normalized spacial score (nSPS) is 12.1. The fraction of sp³-hybridized carbons (Fsp3) is 0.593. The van der Waals surface area contributed by atoms with Crippen LogP contribution < -0.4 is 14.8 Å². The highest BCUT2D eigenvalue weighted by atomic mass is 16.5. The van der Waals surface area contributed by atoms with Crippen molar-refractivity contribution in [1.82, 2.24) is 20.0 Å². The molecule has 1 N–H and O–H groups in total. The number of benzene rings is 1. The monoisotopic (exact) mass is 486 g/mol. The molecule has 194 valence electrons. The van der Waals surface area contributed by atoms with Gasteiger partial charge in [0.1, 0.15) is 11.5 Å². The number of methoxy groups -OCH3 is 2. The number of ether oxygens (including phenoxy) is 2. The van der Waals surface area contributed by atoms with E-state index in [-0.39, 0.29) is 24.3 Å². The fourth-order valence-corrected chi connectivity index (χ4v) is 4.17. The molecule has 2 amide bonds. The van der Waals surface area contributed by atoms with Crippen LogP contribution >= 0.6 is 0 Å². The molecular formula is C27H42N4O4. The predicted octanol–water partition coefficient (Wildman–Crippen LogP) is 4.63. The number of amides is 2. The van der Waals surface area contributed by atoms with Gasteiger partial charge in [-0.2, -0.15) is 5.10 Å². The van der Waals surface area contributed by atoms with Crippen molar-refractivity contribution in [2.75, 3.05) is 27.8 Å². The first-order valence-electron chi connectivity index (χ1n) is 12.4. The summed E-state index contributed by atoms with van der Waals surface area (Å²) in [5.74, 6) is 1.66. The molecule has 35 heavy (non-hydrogen) atoms. The van der Waals surface area contributed by atoms with E-state index in [2.05, 4.69) is 38.1 Å². The zero-order valence-corrected chi connectivity index (χ0v) is 22.6. The van der Waals surface area contributed by atoms with Crippen molar-refractivity contribution in [3.8, 4) is 22.8 Å². The number of hydrogen-bond donors (Lipinski definition) is 1. The van der Waals surface area contributed by atoms with Crippen LogP contribution in [-0.2, 0) is 11.3 Å². The number of hydrogen-bond acceptors (Lipinski definition) is 5. The quantitative estimate of drug-likeness (QED) is 0.446. The van der Waals surface area contributed by atoms with Crippen molar-refractivity contribution in [2.45, 2.75) is 66.5 Å². The SMILES string of the molecule is CCCN(C)C(=O)C[C@H](CC(C)C)NC(=O)c1cc(-c2c(OC)cccc2OC)n(CC(C)C)n1. The molecule has 2 aromatic rings. The third-order valence-corrected chi connectivity index (χ3v) is 5.73. The number of nitrogens with one attached hydrogen (secondary N) is 1. The number of nitrogens with zero attached hydrogens (tertiary/aromatic N) is 3. The van der Waals surface area contributed by atoms with Gasteiger partial charge in [0.15, 0.2) is 5.69 Å². The van der Waals surface area contributed by atoms with Crippen LogP contribution in [0, 0.1) is 11.8 Å². The molecule has 0 saturated heterocycles. The van der Waals surface area contributed by atoms with Crippen LogP contribution in [0.2, 0.25) is 0 Å². The standard InChI is InChI=1S/C27H42N4O4/c1-9-13-30(6)25(32)15-20(14-18(2)3)28-27(33)21-16-22(31(29-21)17-19(4)5)26-23(34-7)11-10-12-24(26)35-8/h10-12,16,18-20H,9,13-15,17H2,1-8H3,(H,28,33)/t20-/m0/s1. The molecule has 1 aromatic carbocycles. The van der Waals surface area contributed by atoms with Gasteiger partial charge in [0.25, 0.3) is 5.91 Å². The van der Waals surface area contributed by atoms with Crippen LogP contribution in [0.15, 0.2) is 24.3 Å². The van der Waals surface area contributed by atoms with Gasteiger partial charge in [-0.1, -0.05) is 40.7 Å². The molecule has 0 radical (unpaired) electrons. The number of carbonyl (C=O) groups is 2. The molecule has 0 bridgehead atoms. The van der Waals surface area contributed by atoms with E-state index in [4.69, 9.17) is 9.47 Å². The lowest BCUT2D eigenvalue weighted by Crippen LogP contribution is -2.40. The Morgan fingerprint density at radius 3 is 2.23 bits per heavy atom. The van der Waals surface area contributed by atoms with E-state index >= 15 is 0 Å². The largest absolute Gasteiger partial charge is 0.496 e. The smallest absolute Gasteiger partial charge is 0.272 e. The summed E-state index contributed by atoms with van der Waals surface area (Å²) in [6.07, 6.45) is 1.86. The molecule has 1 atom stereocenters. The van der Waals surface area contributed by atoms with Gasteiger partial charge in [-0.3, -0.25) is 14.3 Å². The number of aromatic nitrogens is 2. The van der Waals surface area contributed by atoms with E-state index in [0.717, 1.165) is 17.7 Å². The minimum atomic E-state index is -0.292. The molecule has 0 aliphatic rings. The summed E-state index contributed by atoms with van der Waals surface area (Å²) in [5.41, 5.74) is 1.80. The lowest BCUT2D eigenvalue weighted by molar-refractivity contribution is -0.130. The van der Waals surface area contributed by atoms with Gasteiger partial charge in [0, 0.05) is 32.6 Å².